The van der Waals surface area contributed by atoms with E-state index < -0.39 is 11.7 Å². The fraction of sp³-hybridized carbons (Fsp3) is 0.111. The number of hydrogen-bond acceptors (Lipinski definition) is 3. The van der Waals surface area contributed by atoms with Gasteiger partial charge in [0.15, 0.2) is 5.78 Å². The van der Waals surface area contributed by atoms with E-state index in [1.54, 1.807) is 24.3 Å². The predicted octanol–water partition coefficient (Wildman–Crippen LogP) is 5.34. The Kier molecular flexibility index (Phi) is 5.68. The molecule has 0 aromatic heterocycles. The van der Waals surface area contributed by atoms with E-state index in [0.29, 0.717) is 40.9 Å². The minimum atomic E-state index is -0.652. The van der Waals surface area contributed by atoms with Crippen molar-refractivity contribution in [2.45, 2.75) is 12.3 Å². The van der Waals surface area contributed by atoms with Gasteiger partial charge in [-0.2, -0.15) is 0 Å². The molecule has 0 bridgehead atoms. The van der Waals surface area contributed by atoms with Crippen molar-refractivity contribution in [2.75, 3.05) is 6.54 Å². The minimum Gasteiger partial charge on any atom is -0.358 e. The summed E-state index contributed by atoms with van der Waals surface area (Å²) in [6, 6.07) is 23.3. The largest absolute Gasteiger partial charge is 0.358 e. The van der Waals surface area contributed by atoms with E-state index in [1.165, 1.54) is 6.07 Å². The van der Waals surface area contributed by atoms with Crippen molar-refractivity contribution in [3.05, 3.63) is 123 Å². The molecule has 1 atom stereocenters. The van der Waals surface area contributed by atoms with E-state index in [2.05, 4.69) is 26.6 Å². The van der Waals surface area contributed by atoms with Crippen LogP contribution in [0.5, 0.6) is 0 Å². The Morgan fingerprint density at radius 3 is 2.36 bits per heavy atom. The van der Waals surface area contributed by atoms with Crippen LogP contribution in [-0.2, 0) is 4.79 Å². The molecule has 0 radical (unpaired) electrons. The summed E-state index contributed by atoms with van der Waals surface area (Å²) >= 11 is 3.27. The number of amides is 1. The Bertz CT molecular complexity index is 1320. The van der Waals surface area contributed by atoms with Gasteiger partial charge in [-0.3, -0.25) is 9.59 Å². The van der Waals surface area contributed by atoms with Crippen molar-refractivity contribution in [3.63, 3.8) is 0 Å². The molecule has 2 N–H and O–H groups in total. The second-order valence-corrected chi connectivity index (χ2v) is 8.83. The molecule has 1 unspecified atom stereocenters. The number of benzene rings is 3. The molecular weight excluding hydrogens is 483 g/mol. The van der Waals surface area contributed by atoms with Crippen LogP contribution in [0.4, 0.5) is 4.39 Å². The van der Waals surface area contributed by atoms with E-state index in [9.17, 15) is 14.0 Å². The van der Waals surface area contributed by atoms with Crippen LogP contribution in [0, 0.1) is 5.82 Å². The first kappa shape index (κ1) is 21.3. The number of nitrogens with one attached hydrogen (secondary N) is 2. The zero-order valence-electron chi connectivity index (χ0n) is 17.6. The Morgan fingerprint density at radius 2 is 1.67 bits per heavy atom. The molecule has 0 saturated heterocycles. The third kappa shape index (κ3) is 3.91. The Labute approximate surface area is 199 Å². The SMILES string of the molecule is O=C1NCCC2=C1C(c1ccc(F)c(Br)c1)C(C(=O)c1ccccc1)=C(c1ccccc1)N2. The molecule has 6 heteroatoms. The van der Waals surface area contributed by atoms with Gasteiger partial charge in [-0.15, -0.1) is 0 Å². The number of dihydropyridines is 1. The van der Waals surface area contributed by atoms with Crippen molar-refractivity contribution in [2.24, 2.45) is 0 Å². The number of carbonyl (C=O) groups excluding carboxylic acids is 2. The summed E-state index contributed by atoms with van der Waals surface area (Å²) in [6.07, 6.45) is 0.614. The molecule has 3 aromatic rings. The number of hydrogen-bond donors (Lipinski definition) is 2. The third-order valence-corrected chi connectivity index (χ3v) is 6.58. The normalized spacial score (nSPS) is 17.9. The number of halogens is 2. The number of ketones is 1. The topological polar surface area (TPSA) is 58.2 Å². The molecule has 1 amide bonds. The quantitative estimate of drug-likeness (QED) is 0.473. The summed E-state index contributed by atoms with van der Waals surface area (Å²) in [4.78, 5) is 27.0. The van der Waals surface area contributed by atoms with Crippen LogP contribution in [0.1, 0.15) is 33.8 Å². The lowest BCUT2D eigenvalue weighted by atomic mass is 9.75. The lowest BCUT2D eigenvalue weighted by Crippen LogP contribution is -2.41. The van der Waals surface area contributed by atoms with Gasteiger partial charge in [-0.05, 0) is 39.2 Å². The average Bonchev–Trinajstić information content (AvgIpc) is 2.85. The van der Waals surface area contributed by atoms with Gasteiger partial charge in [-0.1, -0.05) is 66.7 Å². The van der Waals surface area contributed by atoms with Gasteiger partial charge in [0.25, 0.3) is 0 Å². The van der Waals surface area contributed by atoms with Crippen molar-refractivity contribution in [3.8, 4) is 0 Å². The third-order valence-electron chi connectivity index (χ3n) is 5.97. The zero-order chi connectivity index (χ0) is 22.9. The molecule has 4 nitrogen and oxygen atoms in total. The van der Waals surface area contributed by atoms with Crippen LogP contribution >= 0.6 is 15.9 Å². The highest BCUT2D eigenvalue weighted by atomic mass is 79.9. The van der Waals surface area contributed by atoms with Crippen LogP contribution < -0.4 is 10.6 Å². The summed E-state index contributed by atoms with van der Waals surface area (Å²) < 4.78 is 14.4. The van der Waals surface area contributed by atoms with Gasteiger partial charge >= 0.3 is 0 Å². The van der Waals surface area contributed by atoms with Gasteiger partial charge < -0.3 is 10.6 Å². The van der Waals surface area contributed by atoms with E-state index >= 15 is 0 Å². The molecule has 0 saturated carbocycles. The second kappa shape index (κ2) is 8.79. The Hall–Kier alpha value is -3.51. The van der Waals surface area contributed by atoms with Crippen LogP contribution in [0.3, 0.4) is 0 Å². The van der Waals surface area contributed by atoms with Gasteiger partial charge in [0.2, 0.25) is 5.91 Å². The smallest absolute Gasteiger partial charge is 0.249 e. The Morgan fingerprint density at radius 1 is 0.970 bits per heavy atom. The number of Topliss-reactive ketones (excluding diaryl/α,β-unsaturated/α-hetero) is 1. The first-order valence-corrected chi connectivity index (χ1v) is 11.5. The molecule has 2 aliphatic rings. The maximum absolute atomic E-state index is 14.1. The molecule has 5 rings (SSSR count). The van der Waals surface area contributed by atoms with Crippen LogP contribution in [0.25, 0.3) is 5.70 Å². The lowest BCUT2D eigenvalue weighted by Gasteiger charge is -2.36. The van der Waals surface area contributed by atoms with E-state index in [1.807, 2.05) is 48.5 Å². The summed E-state index contributed by atoms with van der Waals surface area (Å²) in [5, 5.41) is 6.32. The molecule has 33 heavy (non-hydrogen) atoms. The number of allylic oxidation sites excluding steroid dienone is 1. The standard InChI is InChI=1S/C27H20BrFN2O2/c28-19-15-18(11-12-20(19)29)22-23-21(13-14-30-27(23)33)31-25(16-7-3-1-4-8-16)24(22)26(32)17-9-5-2-6-10-17/h1-12,15,22,31H,13-14H2,(H,30,33). The van der Waals surface area contributed by atoms with E-state index in [-0.39, 0.29) is 16.2 Å². The first-order valence-electron chi connectivity index (χ1n) is 10.7. The summed E-state index contributed by atoms with van der Waals surface area (Å²) in [5.74, 6) is -1.46. The van der Waals surface area contributed by atoms with Crippen molar-refractivity contribution < 1.29 is 14.0 Å². The van der Waals surface area contributed by atoms with Gasteiger partial charge in [0.05, 0.1) is 10.2 Å². The molecule has 3 aromatic carbocycles. The van der Waals surface area contributed by atoms with Gasteiger partial charge in [0, 0.05) is 41.3 Å². The Balaban J connectivity index is 1.80. The molecule has 2 aliphatic heterocycles. The fourth-order valence-corrected chi connectivity index (χ4v) is 4.85. The average molecular weight is 503 g/mol. The zero-order valence-corrected chi connectivity index (χ0v) is 19.2. The first-order chi connectivity index (χ1) is 16.0. The summed E-state index contributed by atoms with van der Waals surface area (Å²) in [5.41, 5.74) is 4.45. The monoisotopic (exact) mass is 502 g/mol. The van der Waals surface area contributed by atoms with E-state index in [0.717, 1.165) is 11.3 Å². The second-order valence-electron chi connectivity index (χ2n) is 7.98. The highest BCUT2D eigenvalue weighted by molar-refractivity contribution is 9.10. The van der Waals surface area contributed by atoms with Crippen LogP contribution in [0.15, 0.2) is 100 Å². The molecule has 164 valence electrons. The molecular formula is C27H20BrFN2O2. The summed E-state index contributed by atoms with van der Waals surface area (Å²) in [7, 11) is 0. The maximum Gasteiger partial charge on any atom is 0.249 e. The highest BCUT2D eigenvalue weighted by Crippen LogP contribution is 2.44. The highest BCUT2D eigenvalue weighted by Gasteiger charge is 2.40. The molecule has 0 spiro atoms. The van der Waals surface area contributed by atoms with Gasteiger partial charge in [0.1, 0.15) is 5.82 Å². The number of carbonyl (C=O) groups is 2. The van der Waals surface area contributed by atoms with Crippen molar-refractivity contribution in [1.82, 2.24) is 10.6 Å². The number of rotatable bonds is 4. The minimum absolute atomic E-state index is 0.183. The fourth-order valence-electron chi connectivity index (χ4n) is 4.46. The molecule has 0 aliphatic carbocycles. The molecule has 0 fully saturated rings. The van der Waals surface area contributed by atoms with Crippen LogP contribution in [-0.4, -0.2) is 18.2 Å². The predicted molar refractivity (Wildman–Crippen MR) is 129 cm³/mol. The summed E-state index contributed by atoms with van der Waals surface area (Å²) in [6.45, 7) is 0.508. The van der Waals surface area contributed by atoms with Crippen molar-refractivity contribution in [1.29, 1.82) is 0 Å². The molecule has 2 heterocycles. The lowest BCUT2D eigenvalue weighted by molar-refractivity contribution is -0.118. The van der Waals surface area contributed by atoms with Gasteiger partial charge in [-0.25, -0.2) is 4.39 Å². The van der Waals surface area contributed by atoms with Crippen molar-refractivity contribution >= 4 is 33.3 Å². The van der Waals surface area contributed by atoms with Crippen LogP contribution in [0.2, 0.25) is 0 Å². The maximum atomic E-state index is 14.1. The van der Waals surface area contributed by atoms with E-state index in [4.69, 9.17) is 0 Å².